The second-order valence-electron chi connectivity index (χ2n) is 2.88. The molecule has 2 amide bonds. The largest absolute Gasteiger partial charge is 0.341 e. The summed E-state index contributed by atoms with van der Waals surface area (Å²) in [4.78, 5) is 15.2. The van der Waals surface area contributed by atoms with Crippen LogP contribution >= 0.6 is 0 Å². The van der Waals surface area contributed by atoms with Crippen LogP contribution in [0.3, 0.4) is 0 Å². The Hall–Kier alpha value is -0.770. The smallest absolute Gasteiger partial charge is 0.317 e. The standard InChI is InChI=1S/C8H16N3O/c1-3-10-4-6-11(7-5-10)8(12)9-2/h1,3-7H2,2H3,(H,9,12). The zero-order valence-electron chi connectivity index (χ0n) is 7.55. The minimum Gasteiger partial charge on any atom is -0.341 e. The second-order valence-corrected chi connectivity index (χ2v) is 2.88. The number of hydrogen-bond acceptors (Lipinski definition) is 2. The first-order valence-corrected chi connectivity index (χ1v) is 4.26. The normalized spacial score (nSPS) is 19.3. The number of carbonyl (C=O) groups excluding carboxylic acids is 1. The van der Waals surface area contributed by atoms with Gasteiger partial charge in [-0.3, -0.25) is 4.90 Å². The topological polar surface area (TPSA) is 35.6 Å². The van der Waals surface area contributed by atoms with Gasteiger partial charge in [-0.15, -0.1) is 0 Å². The summed E-state index contributed by atoms with van der Waals surface area (Å²) in [7, 11) is 1.66. The lowest BCUT2D eigenvalue weighted by Gasteiger charge is -2.33. The van der Waals surface area contributed by atoms with Crippen LogP contribution in [0.25, 0.3) is 0 Å². The van der Waals surface area contributed by atoms with Crippen LogP contribution in [-0.4, -0.2) is 55.6 Å². The van der Waals surface area contributed by atoms with Gasteiger partial charge in [-0.25, -0.2) is 4.79 Å². The van der Waals surface area contributed by atoms with Crippen molar-refractivity contribution in [2.45, 2.75) is 0 Å². The number of urea groups is 1. The minimum atomic E-state index is 0.0266. The predicted molar refractivity (Wildman–Crippen MR) is 47.8 cm³/mol. The van der Waals surface area contributed by atoms with E-state index in [2.05, 4.69) is 17.1 Å². The Balaban J connectivity index is 2.30. The summed E-state index contributed by atoms with van der Waals surface area (Å²) in [5.41, 5.74) is 0. The van der Waals surface area contributed by atoms with Gasteiger partial charge in [-0.05, 0) is 13.5 Å². The summed E-state index contributed by atoms with van der Waals surface area (Å²) in [6, 6.07) is 0.0266. The van der Waals surface area contributed by atoms with Crippen molar-refractivity contribution < 1.29 is 4.79 Å². The zero-order chi connectivity index (χ0) is 8.97. The van der Waals surface area contributed by atoms with Crippen LogP contribution in [0, 0.1) is 6.92 Å². The van der Waals surface area contributed by atoms with Gasteiger partial charge in [0.1, 0.15) is 0 Å². The first kappa shape index (κ1) is 9.32. The van der Waals surface area contributed by atoms with E-state index in [1.165, 1.54) is 0 Å². The number of carbonyl (C=O) groups is 1. The fourth-order valence-corrected chi connectivity index (χ4v) is 1.33. The molecule has 0 bridgehead atoms. The number of piperazine rings is 1. The Kier molecular flexibility index (Phi) is 3.34. The highest BCUT2D eigenvalue weighted by Gasteiger charge is 2.18. The lowest BCUT2D eigenvalue weighted by molar-refractivity contribution is 0.148. The van der Waals surface area contributed by atoms with E-state index in [0.29, 0.717) is 0 Å². The molecule has 0 aromatic heterocycles. The van der Waals surface area contributed by atoms with E-state index in [-0.39, 0.29) is 6.03 Å². The van der Waals surface area contributed by atoms with Crippen LogP contribution in [0.15, 0.2) is 0 Å². The SMILES string of the molecule is [CH2]CN1CCN(C(=O)NC)CC1. The lowest BCUT2D eigenvalue weighted by Crippen LogP contribution is -2.50. The summed E-state index contributed by atoms with van der Waals surface area (Å²) in [6.07, 6.45) is 0. The van der Waals surface area contributed by atoms with Gasteiger partial charge in [-0.2, -0.15) is 0 Å². The maximum atomic E-state index is 11.1. The van der Waals surface area contributed by atoms with Crippen molar-refractivity contribution in [3.63, 3.8) is 0 Å². The Morgan fingerprint density at radius 1 is 1.42 bits per heavy atom. The maximum Gasteiger partial charge on any atom is 0.317 e. The molecule has 0 aromatic rings. The highest BCUT2D eigenvalue weighted by atomic mass is 16.2. The summed E-state index contributed by atoms with van der Waals surface area (Å²) in [5, 5.41) is 2.62. The third-order valence-corrected chi connectivity index (χ3v) is 2.19. The average molecular weight is 170 g/mol. The van der Waals surface area contributed by atoms with Crippen molar-refractivity contribution in [3.05, 3.63) is 6.92 Å². The van der Waals surface area contributed by atoms with Crippen molar-refractivity contribution in [2.24, 2.45) is 0 Å². The third-order valence-electron chi connectivity index (χ3n) is 2.19. The highest BCUT2D eigenvalue weighted by molar-refractivity contribution is 5.73. The van der Waals surface area contributed by atoms with Gasteiger partial charge in [0.05, 0.1) is 0 Å². The molecule has 1 N–H and O–H groups in total. The van der Waals surface area contributed by atoms with E-state index in [0.717, 1.165) is 32.7 Å². The minimum absolute atomic E-state index is 0.0266. The molecule has 0 unspecified atom stereocenters. The predicted octanol–water partition coefficient (Wildman–Crippen LogP) is -0.223. The van der Waals surface area contributed by atoms with Crippen molar-refractivity contribution in [1.29, 1.82) is 0 Å². The maximum absolute atomic E-state index is 11.1. The Morgan fingerprint density at radius 2 is 2.00 bits per heavy atom. The molecule has 0 aromatic carbocycles. The van der Waals surface area contributed by atoms with Crippen molar-refractivity contribution in [2.75, 3.05) is 39.8 Å². The van der Waals surface area contributed by atoms with Crippen LogP contribution in [0.4, 0.5) is 4.79 Å². The molecule has 4 nitrogen and oxygen atoms in total. The van der Waals surface area contributed by atoms with E-state index < -0.39 is 0 Å². The summed E-state index contributed by atoms with van der Waals surface area (Å²) in [5.74, 6) is 0. The van der Waals surface area contributed by atoms with Crippen LogP contribution in [0.1, 0.15) is 0 Å². The Bertz CT molecular complexity index is 152. The molecule has 1 heterocycles. The molecule has 0 saturated carbocycles. The van der Waals surface area contributed by atoms with Crippen LogP contribution in [0.5, 0.6) is 0 Å². The molecule has 1 saturated heterocycles. The third kappa shape index (κ3) is 2.11. The van der Waals surface area contributed by atoms with Gasteiger partial charge >= 0.3 is 6.03 Å². The number of rotatable bonds is 1. The zero-order valence-corrected chi connectivity index (χ0v) is 7.55. The summed E-state index contributed by atoms with van der Waals surface area (Å²) < 4.78 is 0. The monoisotopic (exact) mass is 170 g/mol. The average Bonchev–Trinajstić information content (AvgIpc) is 2.17. The van der Waals surface area contributed by atoms with Gasteiger partial charge in [0.25, 0.3) is 0 Å². The van der Waals surface area contributed by atoms with E-state index in [1.54, 1.807) is 7.05 Å². The molecule has 1 aliphatic heterocycles. The van der Waals surface area contributed by atoms with Gasteiger partial charge in [0, 0.05) is 33.2 Å². The first-order valence-electron chi connectivity index (χ1n) is 4.26. The lowest BCUT2D eigenvalue weighted by atomic mass is 10.3. The first-order chi connectivity index (χ1) is 5.77. The van der Waals surface area contributed by atoms with E-state index >= 15 is 0 Å². The number of amides is 2. The quantitative estimate of drug-likeness (QED) is 0.590. The van der Waals surface area contributed by atoms with Gasteiger partial charge in [0.2, 0.25) is 0 Å². The molecule has 1 fully saturated rings. The fraction of sp³-hybridized carbons (Fsp3) is 0.750. The van der Waals surface area contributed by atoms with Crippen LogP contribution in [-0.2, 0) is 0 Å². The van der Waals surface area contributed by atoms with Gasteiger partial charge in [0.15, 0.2) is 0 Å². The molecule has 1 aliphatic rings. The highest BCUT2D eigenvalue weighted by Crippen LogP contribution is 2.00. The molecule has 4 heteroatoms. The van der Waals surface area contributed by atoms with E-state index in [4.69, 9.17) is 0 Å². The molecule has 0 spiro atoms. The molecule has 69 valence electrons. The molecule has 0 atom stereocenters. The molecule has 1 radical (unpaired) electrons. The molecule has 1 rings (SSSR count). The van der Waals surface area contributed by atoms with Crippen LogP contribution in [0.2, 0.25) is 0 Å². The molecular formula is C8H16N3O. The summed E-state index contributed by atoms with van der Waals surface area (Å²) >= 11 is 0. The number of nitrogens with zero attached hydrogens (tertiary/aromatic N) is 2. The molecule has 12 heavy (non-hydrogen) atoms. The van der Waals surface area contributed by atoms with Gasteiger partial charge in [-0.1, -0.05) is 0 Å². The second kappa shape index (κ2) is 4.30. The molecule has 0 aliphatic carbocycles. The Labute approximate surface area is 73.5 Å². The van der Waals surface area contributed by atoms with Crippen molar-refractivity contribution in [3.8, 4) is 0 Å². The van der Waals surface area contributed by atoms with Gasteiger partial charge < -0.3 is 10.2 Å². The van der Waals surface area contributed by atoms with Crippen LogP contribution < -0.4 is 5.32 Å². The summed E-state index contributed by atoms with van der Waals surface area (Å²) in [6.45, 7) is 8.15. The van der Waals surface area contributed by atoms with E-state index in [9.17, 15) is 4.79 Å². The fourth-order valence-electron chi connectivity index (χ4n) is 1.33. The molecular weight excluding hydrogens is 154 g/mol. The van der Waals surface area contributed by atoms with E-state index in [1.807, 2.05) is 4.90 Å². The number of nitrogens with one attached hydrogen (secondary N) is 1. The van der Waals surface area contributed by atoms with Crippen molar-refractivity contribution >= 4 is 6.03 Å². The number of hydrogen-bond donors (Lipinski definition) is 1. The Morgan fingerprint density at radius 3 is 2.42 bits per heavy atom. The van der Waals surface area contributed by atoms with Crippen molar-refractivity contribution in [1.82, 2.24) is 15.1 Å².